The van der Waals surface area contributed by atoms with Gasteiger partial charge in [0, 0.05) is 40.7 Å². The molecule has 1 fully saturated rings. The number of carbonyl (C=O) groups excluding carboxylic acids is 3. The monoisotopic (exact) mass is 632 g/mol. The fourth-order valence-corrected chi connectivity index (χ4v) is 4.78. The highest BCUT2D eigenvalue weighted by molar-refractivity contribution is 5.95. The number of benzene rings is 2. The van der Waals surface area contributed by atoms with Crippen LogP contribution < -0.4 is 15.5 Å². The average Bonchev–Trinajstić information content (AvgIpc) is 2.98. The first-order valence-corrected chi connectivity index (χ1v) is 13.9. The van der Waals surface area contributed by atoms with Gasteiger partial charge in [0.25, 0.3) is 5.91 Å². The van der Waals surface area contributed by atoms with E-state index in [0.717, 1.165) is 22.2 Å². The zero-order valence-electron chi connectivity index (χ0n) is 25.1. The Bertz CT molecular complexity index is 1540. The Balaban J connectivity index is 0.000000707. The summed E-state index contributed by atoms with van der Waals surface area (Å²) in [4.78, 5) is 53.2. The van der Waals surface area contributed by atoms with Gasteiger partial charge in [-0.25, -0.2) is 10.3 Å². The minimum absolute atomic E-state index is 0.0572. The molecule has 0 unspecified atom stereocenters. The lowest BCUT2D eigenvalue weighted by atomic mass is 9.87. The molecule has 0 bridgehead atoms. The maximum atomic E-state index is 13.1. The molecule has 2 heterocycles. The summed E-state index contributed by atoms with van der Waals surface area (Å²) in [6.07, 6.45) is -4.75. The molecule has 1 aliphatic rings. The predicted octanol–water partition coefficient (Wildman–Crippen LogP) is 4.25. The molecule has 0 radical (unpaired) electrons. The summed E-state index contributed by atoms with van der Waals surface area (Å²) in [6.45, 7) is 8.35. The number of hydrogen-bond donors (Lipinski definition) is 4. The van der Waals surface area contributed by atoms with E-state index in [1.165, 1.54) is 0 Å². The van der Waals surface area contributed by atoms with Crippen molar-refractivity contribution in [3.05, 3.63) is 71.4 Å². The molecule has 4 rings (SSSR count). The van der Waals surface area contributed by atoms with E-state index in [1.807, 2.05) is 58.0 Å². The number of para-hydroxylation sites is 1. The van der Waals surface area contributed by atoms with Crippen molar-refractivity contribution in [2.45, 2.75) is 52.9 Å². The van der Waals surface area contributed by atoms with Gasteiger partial charge in [-0.3, -0.25) is 24.6 Å². The third-order valence-corrected chi connectivity index (χ3v) is 6.99. The third kappa shape index (κ3) is 9.38. The highest BCUT2D eigenvalue weighted by atomic mass is 19.4. The zero-order valence-corrected chi connectivity index (χ0v) is 25.1. The smallest absolute Gasteiger partial charge is 0.489 e. The van der Waals surface area contributed by atoms with Crippen molar-refractivity contribution in [3.8, 4) is 5.75 Å². The van der Waals surface area contributed by atoms with Crippen LogP contribution in [0.15, 0.2) is 54.6 Å². The van der Waals surface area contributed by atoms with Crippen LogP contribution in [0.5, 0.6) is 5.75 Å². The van der Waals surface area contributed by atoms with Crippen molar-refractivity contribution < 1.29 is 47.4 Å². The van der Waals surface area contributed by atoms with Crippen LogP contribution >= 0.6 is 0 Å². The number of rotatable bonds is 6. The molecule has 0 aliphatic carbocycles. The van der Waals surface area contributed by atoms with Gasteiger partial charge < -0.3 is 20.1 Å². The number of amides is 3. The van der Waals surface area contributed by atoms with E-state index in [9.17, 15) is 32.8 Å². The number of piperidine rings is 1. The van der Waals surface area contributed by atoms with Crippen LogP contribution in [0.3, 0.4) is 0 Å². The molecule has 1 aliphatic heterocycles. The van der Waals surface area contributed by atoms with Crippen LogP contribution in [0.1, 0.15) is 48.8 Å². The Morgan fingerprint density at radius 1 is 1.04 bits per heavy atom. The van der Waals surface area contributed by atoms with Crippen LogP contribution in [0.4, 0.5) is 13.2 Å². The van der Waals surface area contributed by atoms with Gasteiger partial charge in [0.15, 0.2) is 0 Å². The fourth-order valence-electron chi connectivity index (χ4n) is 4.78. The number of carboxylic acid groups (broad SMARTS) is 1. The number of carboxylic acids is 1. The van der Waals surface area contributed by atoms with Gasteiger partial charge in [-0.05, 0) is 49.7 Å². The number of alkyl halides is 3. The molecule has 3 aromatic rings. The minimum Gasteiger partial charge on any atom is -0.489 e. The van der Waals surface area contributed by atoms with Crippen LogP contribution in [0, 0.1) is 18.3 Å². The van der Waals surface area contributed by atoms with E-state index >= 15 is 0 Å². The van der Waals surface area contributed by atoms with Gasteiger partial charge in [-0.2, -0.15) is 13.2 Å². The summed E-state index contributed by atoms with van der Waals surface area (Å²) >= 11 is 0. The highest BCUT2D eigenvalue weighted by Crippen LogP contribution is 2.25. The summed E-state index contributed by atoms with van der Waals surface area (Å²) in [6, 6.07) is 16.0. The molecular weight excluding hydrogens is 597 g/mol. The Hall–Kier alpha value is -4.72. The summed E-state index contributed by atoms with van der Waals surface area (Å²) in [5.41, 5.74) is 4.34. The third-order valence-electron chi connectivity index (χ3n) is 6.99. The molecule has 1 aromatic heterocycles. The number of aromatic nitrogens is 1. The molecule has 3 amide bonds. The lowest BCUT2D eigenvalue weighted by Gasteiger charge is -2.40. The van der Waals surface area contributed by atoms with Gasteiger partial charge in [0.2, 0.25) is 11.8 Å². The number of hydrogen-bond acceptors (Lipinski definition) is 7. The zero-order chi connectivity index (χ0) is 33.5. The molecule has 11 nitrogen and oxygen atoms in total. The minimum atomic E-state index is -5.08. The number of halogens is 3. The van der Waals surface area contributed by atoms with Crippen molar-refractivity contribution in [3.63, 3.8) is 0 Å². The van der Waals surface area contributed by atoms with Gasteiger partial charge >= 0.3 is 12.1 Å². The van der Waals surface area contributed by atoms with E-state index in [0.29, 0.717) is 30.9 Å². The van der Waals surface area contributed by atoms with Crippen LogP contribution in [-0.4, -0.2) is 69.2 Å². The van der Waals surface area contributed by atoms with Crippen molar-refractivity contribution in [2.75, 3.05) is 13.1 Å². The standard InChI is InChI=1S/C29H34N4O5.C2HF3O2/c1-18-15-20(22-7-5-6-8-24(22)30-18)17-38-21-11-9-19(10-12-21)26(34)31-25-16-33(28(36)29(2,3)4)14-13-23(25)27(35)32-37;3-2(4,5)1(6)7/h5-12,15,23,25,37H,13-14,16-17H2,1-4H3,(H,31,34)(H,32,35);(H,6,7)/t23-,25+;/m0./s1. The topological polar surface area (TPSA) is 158 Å². The summed E-state index contributed by atoms with van der Waals surface area (Å²) < 4.78 is 37.7. The number of pyridine rings is 1. The Morgan fingerprint density at radius 3 is 2.24 bits per heavy atom. The number of aryl methyl sites for hydroxylation is 1. The van der Waals surface area contributed by atoms with Gasteiger partial charge in [0.1, 0.15) is 12.4 Å². The van der Waals surface area contributed by atoms with E-state index < -0.39 is 35.4 Å². The molecule has 242 valence electrons. The van der Waals surface area contributed by atoms with Crippen molar-refractivity contribution in [1.29, 1.82) is 0 Å². The molecule has 45 heavy (non-hydrogen) atoms. The molecule has 0 saturated carbocycles. The second-order valence-corrected chi connectivity index (χ2v) is 11.5. The number of ether oxygens (including phenoxy) is 1. The van der Waals surface area contributed by atoms with Crippen molar-refractivity contribution >= 4 is 34.6 Å². The van der Waals surface area contributed by atoms with Gasteiger partial charge in [-0.15, -0.1) is 0 Å². The number of nitrogens with one attached hydrogen (secondary N) is 2. The molecule has 1 saturated heterocycles. The summed E-state index contributed by atoms with van der Waals surface area (Å²) in [5, 5.41) is 20.2. The average molecular weight is 633 g/mol. The predicted molar refractivity (Wildman–Crippen MR) is 156 cm³/mol. The van der Waals surface area contributed by atoms with Crippen molar-refractivity contribution in [1.82, 2.24) is 20.7 Å². The fraction of sp³-hybridized carbons (Fsp3) is 0.387. The van der Waals surface area contributed by atoms with E-state index in [4.69, 9.17) is 14.6 Å². The number of aliphatic carboxylic acids is 1. The molecule has 2 aromatic carbocycles. The molecular formula is C31H35F3N4O7. The van der Waals surface area contributed by atoms with Gasteiger partial charge in [0.05, 0.1) is 17.5 Å². The van der Waals surface area contributed by atoms with E-state index in [2.05, 4.69) is 10.3 Å². The molecule has 14 heteroatoms. The quantitative estimate of drug-likeness (QED) is 0.232. The number of hydroxylamine groups is 1. The lowest BCUT2D eigenvalue weighted by molar-refractivity contribution is -0.192. The first-order chi connectivity index (χ1) is 21.0. The number of likely N-dealkylation sites (tertiary alicyclic amines) is 1. The second kappa shape index (κ2) is 14.4. The molecule has 4 N–H and O–H groups in total. The Labute approximate surface area is 257 Å². The maximum absolute atomic E-state index is 13.1. The normalized spacial score (nSPS) is 16.7. The molecule has 2 atom stereocenters. The van der Waals surface area contributed by atoms with Gasteiger partial charge in [-0.1, -0.05) is 39.0 Å². The number of nitrogens with zero attached hydrogens (tertiary/aromatic N) is 2. The maximum Gasteiger partial charge on any atom is 0.490 e. The number of carbonyl (C=O) groups is 4. The largest absolute Gasteiger partial charge is 0.490 e. The van der Waals surface area contributed by atoms with Crippen LogP contribution in [-0.2, 0) is 21.0 Å². The highest BCUT2D eigenvalue weighted by Gasteiger charge is 2.39. The first kappa shape index (κ1) is 34.8. The van der Waals surface area contributed by atoms with Crippen LogP contribution in [0.2, 0.25) is 0 Å². The number of fused-ring (bicyclic) bond motifs is 1. The SMILES string of the molecule is Cc1cc(COc2ccc(C(=O)N[C@@H]3CN(C(=O)C(C)(C)C)CC[C@@H]3C(=O)NO)cc2)c2ccccc2n1.O=C(O)C(F)(F)F. The Morgan fingerprint density at radius 2 is 1.67 bits per heavy atom. The Kier molecular flexibility index (Phi) is 11.1. The van der Waals surface area contributed by atoms with Crippen LogP contribution in [0.25, 0.3) is 10.9 Å². The van der Waals surface area contributed by atoms with E-state index in [-0.39, 0.29) is 18.4 Å². The molecule has 0 spiro atoms. The second-order valence-electron chi connectivity index (χ2n) is 11.5. The first-order valence-electron chi connectivity index (χ1n) is 13.9. The summed E-state index contributed by atoms with van der Waals surface area (Å²) in [7, 11) is 0. The van der Waals surface area contributed by atoms with E-state index in [1.54, 1.807) is 34.6 Å². The summed E-state index contributed by atoms with van der Waals surface area (Å²) in [5.74, 6) is -3.82. The van der Waals surface area contributed by atoms with Crippen molar-refractivity contribution in [2.24, 2.45) is 11.3 Å². The lowest BCUT2D eigenvalue weighted by Crippen LogP contribution is -2.58.